The van der Waals surface area contributed by atoms with E-state index in [0.29, 0.717) is 13.1 Å². The third-order valence-electron chi connectivity index (χ3n) is 1.99. The summed E-state index contributed by atoms with van der Waals surface area (Å²) in [5.74, 6) is -0.158. The third-order valence-corrected chi connectivity index (χ3v) is 1.99. The molecule has 0 radical (unpaired) electrons. The van der Waals surface area contributed by atoms with Crippen LogP contribution in [0, 0.1) is 0 Å². The van der Waals surface area contributed by atoms with E-state index in [1.807, 2.05) is 13.8 Å². The maximum atomic E-state index is 11.9. The number of carbonyl (C=O) groups excluding carboxylic acids is 1. The quantitative estimate of drug-likeness (QED) is 0.784. The minimum absolute atomic E-state index is 0.0530. The molecule has 84 valence electrons. The summed E-state index contributed by atoms with van der Waals surface area (Å²) < 4.78 is 4.40. The van der Waals surface area contributed by atoms with Gasteiger partial charge in [-0.05, 0) is 23.2 Å². The molecule has 1 heterocycles. The topological polar surface area (TPSA) is 85.2 Å². The van der Waals surface area contributed by atoms with Gasteiger partial charge in [-0.1, -0.05) is 13.8 Å². The minimum atomic E-state index is -0.211. The van der Waals surface area contributed by atoms with Gasteiger partial charge in [-0.25, -0.2) is 4.63 Å². The smallest absolute Gasteiger partial charge is 0.280 e. The highest BCUT2D eigenvalue weighted by molar-refractivity contribution is 5.96. The molecule has 15 heavy (non-hydrogen) atoms. The lowest BCUT2D eigenvalue weighted by molar-refractivity contribution is 0.0745. The molecule has 0 atom stereocenters. The van der Waals surface area contributed by atoms with Crippen molar-refractivity contribution in [3.8, 4) is 0 Å². The second-order valence-electron chi connectivity index (χ2n) is 3.29. The summed E-state index contributed by atoms with van der Waals surface area (Å²) in [6.07, 6.45) is 1.80. The van der Waals surface area contributed by atoms with Crippen LogP contribution in [-0.2, 0) is 0 Å². The van der Waals surface area contributed by atoms with E-state index in [9.17, 15) is 4.79 Å². The second kappa shape index (κ2) is 5.33. The van der Waals surface area contributed by atoms with Gasteiger partial charge in [-0.2, -0.15) is 0 Å². The van der Waals surface area contributed by atoms with Crippen LogP contribution in [0.5, 0.6) is 0 Å². The normalized spacial score (nSPS) is 10.3. The van der Waals surface area contributed by atoms with Crippen LogP contribution in [0.2, 0.25) is 0 Å². The molecule has 1 rings (SSSR count). The largest absolute Gasteiger partial charge is 0.379 e. The fourth-order valence-electron chi connectivity index (χ4n) is 1.35. The van der Waals surface area contributed by atoms with Crippen molar-refractivity contribution in [1.29, 1.82) is 0 Å². The van der Waals surface area contributed by atoms with Crippen molar-refractivity contribution in [2.45, 2.75) is 26.7 Å². The van der Waals surface area contributed by atoms with Gasteiger partial charge in [0.2, 0.25) is 11.5 Å². The molecule has 2 N–H and O–H groups in total. The van der Waals surface area contributed by atoms with Gasteiger partial charge >= 0.3 is 0 Å². The van der Waals surface area contributed by atoms with Crippen molar-refractivity contribution >= 4 is 11.7 Å². The number of amides is 1. The SMILES string of the molecule is CCCN(CCC)C(=O)c1nonc1N. The molecule has 0 saturated heterocycles. The zero-order valence-electron chi connectivity index (χ0n) is 9.06. The average molecular weight is 212 g/mol. The molecule has 1 amide bonds. The Kier molecular flexibility index (Phi) is 4.08. The number of aromatic nitrogens is 2. The monoisotopic (exact) mass is 212 g/mol. The van der Waals surface area contributed by atoms with Crippen LogP contribution >= 0.6 is 0 Å². The van der Waals surface area contributed by atoms with Crippen molar-refractivity contribution in [2.75, 3.05) is 18.8 Å². The van der Waals surface area contributed by atoms with Gasteiger partial charge in [0.15, 0.2) is 0 Å². The molecule has 0 aliphatic rings. The molecule has 6 heteroatoms. The highest BCUT2D eigenvalue weighted by Gasteiger charge is 2.21. The van der Waals surface area contributed by atoms with Gasteiger partial charge < -0.3 is 10.6 Å². The lowest BCUT2D eigenvalue weighted by Crippen LogP contribution is -2.33. The van der Waals surface area contributed by atoms with Crippen LogP contribution in [0.4, 0.5) is 5.82 Å². The predicted molar refractivity (Wildman–Crippen MR) is 55.2 cm³/mol. The number of carbonyl (C=O) groups is 1. The second-order valence-corrected chi connectivity index (χ2v) is 3.29. The average Bonchev–Trinajstić information content (AvgIpc) is 2.63. The first-order chi connectivity index (χ1) is 7.20. The fourth-order valence-corrected chi connectivity index (χ4v) is 1.35. The van der Waals surface area contributed by atoms with E-state index in [4.69, 9.17) is 5.73 Å². The van der Waals surface area contributed by atoms with E-state index in [-0.39, 0.29) is 17.4 Å². The molecular formula is C9H16N4O2. The van der Waals surface area contributed by atoms with Crippen LogP contribution in [0.25, 0.3) is 0 Å². The molecular weight excluding hydrogens is 196 g/mol. The Balaban J connectivity index is 2.76. The van der Waals surface area contributed by atoms with Crippen molar-refractivity contribution in [1.82, 2.24) is 15.2 Å². The maximum Gasteiger partial charge on any atom is 0.280 e. The van der Waals surface area contributed by atoms with Crippen molar-refractivity contribution in [3.05, 3.63) is 5.69 Å². The molecule has 0 aliphatic carbocycles. The summed E-state index contributed by atoms with van der Waals surface area (Å²) in [6, 6.07) is 0. The molecule has 0 unspecified atom stereocenters. The fraction of sp³-hybridized carbons (Fsp3) is 0.667. The first-order valence-electron chi connectivity index (χ1n) is 5.08. The zero-order valence-corrected chi connectivity index (χ0v) is 9.06. The molecule has 1 aromatic rings. The zero-order chi connectivity index (χ0) is 11.3. The first kappa shape index (κ1) is 11.5. The Hall–Kier alpha value is -1.59. The van der Waals surface area contributed by atoms with Crippen molar-refractivity contribution in [2.24, 2.45) is 0 Å². The maximum absolute atomic E-state index is 11.9. The lowest BCUT2D eigenvalue weighted by Gasteiger charge is -2.19. The summed E-state index contributed by atoms with van der Waals surface area (Å²) in [5.41, 5.74) is 5.56. The van der Waals surface area contributed by atoms with Gasteiger partial charge in [0.05, 0.1) is 0 Å². The summed E-state index contributed by atoms with van der Waals surface area (Å²) in [6.45, 7) is 5.42. The van der Waals surface area contributed by atoms with E-state index in [1.54, 1.807) is 4.90 Å². The van der Waals surface area contributed by atoms with Crippen molar-refractivity contribution in [3.63, 3.8) is 0 Å². The number of anilines is 1. The van der Waals surface area contributed by atoms with E-state index in [2.05, 4.69) is 14.9 Å². The Labute approximate surface area is 88.4 Å². The van der Waals surface area contributed by atoms with Crippen LogP contribution in [0.15, 0.2) is 4.63 Å². The predicted octanol–water partition coefficient (Wildman–Crippen LogP) is 0.914. The number of hydrogen-bond donors (Lipinski definition) is 1. The first-order valence-corrected chi connectivity index (χ1v) is 5.08. The lowest BCUT2D eigenvalue weighted by atomic mass is 10.3. The molecule has 0 bridgehead atoms. The van der Waals surface area contributed by atoms with E-state index >= 15 is 0 Å². The van der Waals surface area contributed by atoms with Gasteiger partial charge in [-0.15, -0.1) is 0 Å². The van der Waals surface area contributed by atoms with Gasteiger partial charge in [0.25, 0.3) is 5.91 Å². The molecule has 0 aromatic carbocycles. The molecule has 0 saturated carbocycles. The van der Waals surface area contributed by atoms with Crippen molar-refractivity contribution < 1.29 is 9.42 Å². The van der Waals surface area contributed by atoms with Gasteiger partial charge in [0, 0.05) is 13.1 Å². The van der Waals surface area contributed by atoms with E-state index < -0.39 is 0 Å². The standard InChI is InChI=1S/C9H16N4O2/c1-3-5-13(6-4-2)9(14)7-8(10)12-15-11-7/h3-6H2,1-2H3,(H2,10,12). The molecule has 0 aliphatic heterocycles. The summed E-state index contributed by atoms with van der Waals surface area (Å²) in [5, 5.41) is 6.88. The number of rotatable bonds is 5. The Morgan fingerprint density at radius 2 is 1.93 bits per heavy atom. The summed E-state index contributed by atoms with van der Waals surface area (Å²) >= 11 is 0. The Morgan fingerprint density at radius 3 is 2.33 bits per heavy atom. The van der Waals surface area contributed by atoms with Gasteiger partial charge in [-0.3, -0.25) is 4.79 Å². The number of nitrogen functional groups attached to an aromatic ring is 1. The number of nitrogens with two attached hydrogens (primary N) is 1. The molecule has 1 aromatic heterocycles. The number of nitrogens with zero attached hydrogens (tertiary/aromatic N) is 3. The summed E-state index contributed by atoms with van der Waals surface area (Å²) in [4.78, 5) is 13.6. The Bertz CT molecular complexity index is 318. The van der Waals surface area contributed by atoms with Gasteiger partial charge in [0.1, 0.15) is 0 Å². The van der Waals surface area contributed by atoms with Crippen LogP contribution in [0.3, 0.4) is 0 Å². The third kappa shape index (κ3) is 2.68. The minimum Gasteiger partial charge on any atom is -0.379 e. The molecule has 0 fully saturated rings. The van der Waals surface area contributed by atoms with Crippen LogP contribution in [-0.4, -0.2) is 34.2 Å². The number of hydrogen-bond acceptors (Lipinski definition) is 5. The Morgan fingerprint density at radius 1 is 1.33 bits per heavy atom. The molecule has 6 nitrogen and oxygen atoms in total. The van der Waals surface area contributed by atoms with E-state index in [0.717, 1.165) is 12.8 Å². The highest BCUT2D eigenvalue weighted by atomic mass is 16.6. The van der Waals surface area contributed by atoms with Crippen LogP contribution < -0.4 is 5.73 Å². The summed E-state index contributed by atoms with van der Waals surface area (Å²) in [7, 11) is 0. The molecule has 0 spiro atoms. The van der Waals surface area contributed by atoms with E-state index in [1.165, 1.54) is 0 Å². The highest BCUT2D eigenvalue weighted by Crippen LogP contribution is 2.09. The van der Waals surface area contributed by atoms with Crippen LogP contribution in [0.1, 0.15) is 37.2 Å².